The SMILES string of the molecule is O=C1[C@@H]2C3C=CC(O3)[C@@H]2C(=O)N1c1ccc2ccccc2c1. The highest BCUT2D eigenvalue weighted by Gasteiger charge is 2.60. The molecule has 0 saturated carbocycles. The zero-order valence-electron chi connectivity index (χ0n) is 11.7. The van der Waals surface area contributed by atoms with Crippen LogP contribution in [0, 0.1) is 11.8 Å². The number of nitrogens with zero attached hydrogens (tertiary/aromatic N) is 1. The quantitative estimate of drug-likeness (QED) is 0.598. The number of hydrogen-bond acceptors (Lipinski definition) is 3. The van der Waals surface area contributed by atoms with Gasteiger partial charge in [0, 0.05) is 0 Å². The first-order chi connectivity index (χ1) is 10.7. The highest BCUT2D eigenvalue weighted by atomic mass is 16.5. The summed E-state index contributed by atoms with van der Waals surface area (Å²) in [6.45, 7) is 0. The Labute approximate surface area is 127 Å². The van der Waals surface area contributed by atoms with E-state index in [4.69, 9.17) is 4.74 Å². The van der Waals surface area contributed by atoms with Crippen LogP contribution in [-0.4, -0.2) is 24.0 Å². The Morgan fingerprint density at radius 3 is 2.14 bits per heavy atom. The van der Waals surface area contributed by atoms with Gasteiger partial charge in [0.05, 0.1) is 29.7 Å². The summed E-state index contributed by atoms with van der Waals surface area (Å²) in [6, 6.07) is 13.6. The van der Waals surface area contributed by atoms with E-state index in [0.717, 1.165) is 10.8 Å². The summed E-state index contributed by atoms with van der Waals surface area (Å²) in [5.74, 6) is -0.979. The zero-order valence-corrected chi connectivity index (χ0v) is 11.7. The van der Waals surface area contributed by atoms with Gasteiger partial charge in [-0.05, 0) is 22.9 Å². The Hall–Kier alpha value is -2.46. The maximum atomic E-state index is 12.7. The van der Waals surface area contributed by atoms with E-state index in [1.54, 1.807) is 0 Å². The summed E-state index contributed by atoms with van der Waals surface area (Å²) in [4.78, 5) is 26.8. The first kappa shape index (κ1) is 12.1. The van der Waals surface area contributed by atoms with Crippen molar-refractivity contribution in [1.82, 2.24) is 0 Å². The lowest BCUT2D eigenvalue weighted by molar-refractivity contribution is -0.124. The molecule has 108 valence electrons. The van der Waals surface area contributed by atoms with Crippen molar-refractivity contribution >= 4 is 28.3 Å². The first-order valence-electron chi connectivity index (χ1n) is 7.44. The van der Waals surface area contributed by atoms with Gasteiger partial charge in [0.2, 0.25) is 11.8 Å². The van der Waals surface area contributed by atoms with Crippen LogP contribution in [0.25, 0.3) is 10.8 Å². The number of carbonyl (C=O) groups excluding carboxylic acids is 2. The molecule has 0 aromatic heterocycles. The maximum absolute atomic E-state index is 12.7. The van der Waals surface area contributed by atoms with Crippen molar-refractivity contribution in [3.05, 3.63) is 54.6 Å². The van der Waals surface area contributed by atoms with Crippen LogP contribution >= 0.6 is 0 Å². The molecule has 4 nitrogen and oxygen atoms in total. The summed E-state index contributed by atoms with van der Waals surface area (Å²) in [5, 5.41) is 2.12. The molecule has 0 N–H and O–H groups in total. The molecule has 0 aliphatic carbocycles. The second kappa shape index (κ2) is 4.05. The van der Waals surface area contributed by atoms with Gasteiger partial charge in [-0.1, -0.05) is 42.5 Å². The lowest BCUT2D eigenvalue weighted by Crippen LogP contribution is -2.34. The summed E-state index contributed by atoms with van der Waals surface area (Å²) in [5.41, 5.74) is 0.655. The van der Waals surface area contributed by atoms with Crippen LogP contribution in [0.3, 0.4) is 0 Å². The van der Waals surface area contributed by atoms with Gasteiger partial charge in [-0.25, -0.2) is 4.90 Å². The van der Waals surface area contributed by atoms with E-state index >= 15 is 0 Å². The zero-order chi connectivity index (χ0) is 14.8. The lowest BCUT2D eigenvalue weighted by Gasteiger charge is -2.18. The lowest BCUT2D eigenvalue weighted by atomic mass is 9.85. The molecule has 2 unspecified atom stereocenters. The average Bonchev–Trinajstić information content (AvgIpc) is 3.21. The topological polar surface area (TPSA) is 46.6 Å². The van der Waals surface area contributed by atoms with E-state index in [0.29, 0.717) is 5.69 Å². The monoisotopic (exact) mass is 291 g/mol. The predicted octanol–water partition coefficient (Wildman–Crippen LogP) is 2.28. The Bertz CT molecular complexity index is 826. The fourth-order valence-corrected chi connectivity index (χ4v) is 3.87. The van der Waals surface area contributed by atoms with Crippen LogP contribution in [0.5, 0.6) is 0 Å². The molecule has 2 saturated heterocycles. The smallest absolute Gasteiger partial charge is 0.240 e. The Kier molecular flexibility index (Phi) is 2.23. The minimum absolute atomic E-state index is 0.137. The van der Waals surface area contributed by atoms with Gasteiger partial charge >= 0.3 is 0 Å². The molecule has 3 aliphatic heterocycles. The third-order valence-corrected chi connectivity index (χ3v) is 4.90. The third-order valence-electron chi connectivity index (χ3n) is 4.90. The largest absolute Gasteiger partial charge is 0.365 e. The summed E-state index contributed by atoms with van der Waals surface area (Å²) in [7, 11) is 0. The molecule has 4 heteroatoms. The fraction of sp³-hybridized carbons (Fsp3) is 0.222. The van der Waals surface area contributed by atoms with E-state index in [9.17, 15) is 9.59 Å². The molecular weight excluding hydrogens is 278 g/mol. The fourth-order valence-electron chi connectivity index (χ4n) is 3.87. The number of anilines is 1. The van der Waals surface area contributed by atoms with Gasteiger partial charge in [0.15, 0.2) is 0 Å². The number of rotatable bonds is 1. The Balaban J connectivity index is 1.60. The van der Waals surface area contributed by atoms with E-state index in [1.165, 1.54) is 4.90 Å². The minimum atomic E-state index is -0.353. The summed E-state index contributed by atoms with van der Waals surface area (Å²) < 4.78 is 5.66. The predicted molar refractivity (Wildman–Crippen MR) is 81.2 cm³/mol. The molecule has 5 rings (SSSR count). The third kappa shape index (κ3) is 1.40. The molecule has 22 heavy (non-hydrogen) atoms. The number of carbonyl (C=O) groups is 2. The number of benzene rings is 2. The van der Waals surface area contributed by atoms with E-state index in [2.05, 4.69) is 0 Å². The van der Waals surface area contributed by atoms with Crippen molar-refractivity contribution in [2.24, 2.45) is 11.8 Å². The number of hydrogen-bond donors (Lipinski definition) is 0. The van der Waals surface area contributed by atoms with Gasteiger partial charge in [0.25, 0.3) is 0 Å². The molecule has 4 atom stereocenters. The van der Waals surface area contributed by atoms with Crippen molar-refractivity contribution < 1.29 is 14.3 Å². The van der Waals surface area contributed by atoms with Crippen molar-refractivity contribution in [1.29, 1.82) is 0 Å². The Morgan fingerprint density at radius 2 is 1.45 bits per heavy atom. The molecule has 0 radical (unpaired) electrons. The molecule has 2 fully saturated rings. The standard InChI is InChI=1S/C18H13NO3/c20-17-15-13-7-8-14(22-13)16(15)18(21)19(17)12-6-5-10-3-1-2-4-11(10)9-12/h1-9,13-16H/t13?,14?,15-,16+. The number of imide groups is 1. The molecule has 0 spiro atoms. The van der Waals surface area contributed by atoms with Gasteiger partial charge in [0.1, 0.15) is 0 Å². The number of amides is 2. The van der Waals surface area contributed by atoms with Gasteiger partial charge in [-0.15, -0.1) is 0 Å². The van der Waals surface area contributed by atoms with Crippen LogP contribution in [-0.2, 0) is 14.3 Å². The van der Waals surface area contributed by atoms with Crippen molar-refractivity contribution in [2.75, 3.05) is 4.90 Å². The van der Waals surface area contributed by atoms with Gasteiger partial charge < -0.3 is 4.74 Å². The number of fused-ring (bicyclic) bond motifs is 6. The van der Waals surface area contributed by atoms with Crippen LogP contribution in [0.1, 0.15) is 0 Å². The first-order valence-corrected chi connectivity index (χ1v) is 7.44. The highest BCUT2D eigenvalue weighted by Crippen LogP contribution is 2.46. The highest BCUT2D eigenvalue weighted by molar-refractivity contribution is 6.23. The molecule has 2 aromatic rings. The van der Waals surface area contributed by atoms with Crippen molar-refractivity contribution in [2.45, 2.75) is 12.2 Å². The van der Waals surface area contributed by atoms with Crippen LogP contribution in [0.4, 0.5) is 5.69 Å². The van der Waals surface area contributed by atoms with E-state index in [-0.39, 0.29) is 35.9 Å². The molecular formula is C18H13NO3. The van der Waals surface area contributed by atoms with Crippen molar-refractivity contribution in [3.63, 3.8) is 0 Å². The molecule has 2 bridgehead atoms. The van der Waals surface area contributed by atoms with Crippen LogP contribution < -0.4 is 4.90 Å². The Morgan fingerprint density at radius 1 is 0.818 bits per heavy atom. The van der Waals surface area contributed by atoms with Crippen molar-refractivity contribution in [3.8, 4) is 0 Å². The summed E-state index contributed by atoms with van der Waals surface area (Å²) in [6.07, 6.45) is 3.33. The summed E-state index contributed by atoms with van der Waals surface area (Å²) >= 11 is 0. The van der Waals surface area contributed by atoms with Gasteiger partial charge in [-0.2, -0.15) is 0 Å². The number of ether oxygens (including phenoxy) is 1. The maximum Gasteiger partial charge on any atom is 0.240 e. The second-order valence-corrected chi connectivity index (χ2v) is 6.05. The molecule has 2 amide bonds. The van der Waals surface area contributed by atoms with E-state index < -0.39 is 0 Å². The minimum Gasteiger partial charge on any atom is -0.365 e. The molecule has 2 aromatic carbocycles. The van der Waals surface area contributed by atoms with E-state index in [1.807, 2.05) is 54.6 Å². The van der Waals surface area contributed by atoms with Gasteiger partial charge in [-0.3, -0.25) is 9.59 Å². The second-order valence-electron chi connectivity index (χ2n) is 6.05. The normalized spacial score (nSPS) is 32.3. The molecule has 3 heterocycles. The average molecular weight is 291 g/mol. The van der Waals surface area contributed by atoms with Crippen LogP contribution in [0.15, 0.2) is 54.6 Å². The molecule has 3 aliphatic rings. The van der Waals surface area contributed by atoms with Crippen LogP contribution in [0.2, 0.25) is 0 Å².